The van der Waals surface area contributed by atoms with Crippen LogP contribution in [0.1, 0.15) is 37.1 Å². The van der Waals surface area contributed by atoms with Crippen LogP contribution in [0, 0.1) is 23.5 Å². The fourth-order valence-corrected chi connectivity index (χ4v) is 3.35. The lowest BCUT2D eigenvalue weighted by molar-refractivity contribution is 0.381. The molecule has 1 aliphatic carbocycles. The predicted octanol–water partition coefficient (Wildman–Crippen LogP) is 4.69. The zero-order chi connectivity index (χ0) is 13.3. The van der Waals surface area contributed by atoms with E-state index in [0.717, 1.165) is 19.3 Å². The van der Waals surface area contributed by atoms with E-state index in [0.29, 0.717) is 5.92 Å². The Morgan fingerprint density at radius 1 is 1.28 bits per heavy atom. The van der Waals surface area contributed by atoms with Crippen molar-refractivity contribution >= 4 is 11.6 Å². The number of hydrogen-bond acceptors (Lipinski definition) is 1. The highest BCUT2D eigenvalue weighted by molar-refractivity contribution is 6.21. The molecule has 18 heavy (non-hydrogen) atoms. The van der Waals surface area contributed by atoms with Gasteiger partial charge in [0.15, 0.2) is 0 Å². The maximum Gasteiger partial charge on any atom is 0.134 e. The first-order valence-electron chi connectivity index (χ1n) is 6.21. The van der Waals surface area contributed by atoms with Crippen LogP contribution in [0.3, 0.4) is 0 Å². The SMILES string of the molecule is COc1cc(F)c(C(Cl)C2CCCC2C)c(F)c1. The number of ether oxygens (including phenoxy) is 1. The summed E-state index contributed by atoms with van der Waals surface area (Å²) < 4.78 is 32.7. The van der Waals surface area contributed by atoms with E-state index >= 15 is 0 Å². The summed E-state index contributed by atoms with van der Waals surface area (Å²) in [5.41, 5.74) is -0.0174. The molecular weight excluding hydrogens is 258 g/mol. The van der Waals surface area contributed by atoms with E-state index < -0.39 is 17.0 Å². The van der Waals surface area contributed by atoms with Gasteiger partial charge in [-0.25, -0.2) is 8.78 Å². The Morgan fingerprint density at radius 2 is 1.89 bits per heavy atom. The highest BCUT2D eigenvalue weighted by Crippen LogP contribution is 2.45. The van der Waals surface area contributed by atoms with E-state index in [1.165, 1.54) is 19.2 Å². The molecule has 3 atom stereocenters. The summed E-state index contributed by atoms with van der Waals surface area (Å²) in [6, 6.07) is 2.38. The molecule has 0 saturated heterocycles. The molecule has 0 aromatic heterocycles. The third-order valence-corrected chi connectivity index (χ3v) is 4.41. The van der Waals surface area contributed by atoms with Crippen LogP contribution in [-0.2, 0) is 0 Å². The van der Waals surface area contributed by atoms with Crippen molar-refractivity contribution in [2.24, 2.45) is 11.8 Å². The Kier molecular flexibility index (Phi) is 4.10. The van der Waals surface area contributed by atoms with Gasteiger partial charge in [-0.2, -0.15) is 0 Å². The molecule has 1 nitrogen and oxygen atoms in total. The Balaban J connectivity index is 2.32. The Hall–Kier alpha value is -0.830. The van der Waals surface area contributed by atoms with Crippen LogP contribution >= 0.6 is 11.6 Å². The maximum absolute atomic E-state index is 13.9. The molecule has 0 aliphatic heterocycles. The molecule has 0 spiro atoms. The molecule has 0 radical (unpaired) electrons. The van der Waals surface area contributed by atoms with Gasteiger partial charge in [-0.3, -0.25) is 0 Å². The van der Waals surface area contributed by atoms with Crippen molar-refractivity contribution in [3.05, 3.63) is 29.3 Å². The zero-order valence-electron chi connectivity index (χ0n) is 10.6. The normalized spacial score (nSPS) is 25.2. The minimum atomic E-state index is -0.619. The van der Waals surface area contributed by atoms with Gasteiger partial charge in [-0.1, -0.05) is 19.8 Å². The second kappa shape index (κ2) is 5.43. The first kappa shape index (κ1) is 13.6. The average Bonchev–Trinajstić information content (AvgIpc) is 2.74. The lowest BCUT2D eigenvalue weighted by atomic mass is 9.90. The molecular formula is C14H17ClF2O. The van der Waals surface area contributed by atoms with Gasteiger partial charge >= 0.3 is 0 Å². The Labute approximate surface area is 111 Å². The molecule has 1 aromatic rings. The molecule has 0 N–H and O–H groups in total. The van der Waals surface area contributed by atoms with Gasteiger partial charge in [0.2, 0.25) is 0 Å². The molecule has 1 aromatic carbocycles. The molecule has 3 unspecified atom stereocenters. The van der Waals surface area contributed by atoms with Crippen LogP contribution in [0.5, 0.6) is 5.75 Å². The molecule has 100 valence electrons. The number of alkyl halides is 1. The van der Waals surface area contributed by atoms with Gasteiger partial charge in [0.1, 0.15) is 17.4 Å². The summed E-state index contributed by atoms with van der Waals surface area (Å²) in [6.45, 7) is 2.09. The van der Waals surface area contributed by atoms with E-state index in [1.54, 1.807) is 0 Å². The van der Waals surface area contributed by atoms with Crippen LogP contribution in [0.4, 0.5) is 8.78 Å². The number of halogens is 3. The molecule has 2 rings (SSSR count). The largest absolute Gasteiger partial charge is 0.497 e. The van der Waals surface area contributed by atoms with Crippen LogP contribution in [0.15, 0.2) is 12.1 Å². The Bertz CT molecular complexity index is 413. The molecule has 0 heterocycles. The molecule has 1 saturated carbocycles. The van der Waals surface area contributed by atoms with Crippen molar-refractivity contribution in [3.8, 4) is 5.75 Å². The summed E-state index contributed by atoms with van der Waals surface area (Å²) in [7, 11) is 1.38. The molecule has 1 aliphatic rings. The molecule has 1 fully saturated rings. The number of rotatable bonds is 3. The summed E-state index contributed by atoms with van der Waals surface area (Å²) in [5.74, 6) is -0.508. The van der Waals surface area contributed by atoms with Gasteiger partial charge in [0, 0.05) is 17.7 Å². The first-order chi connectivity index (χ1) is 8.54. The van der Waals surface area contributed by atoms with E-state index in [9.17, 15) is 8.78 Å². The molecule has 4 heteroatoms. The third-order valence-electron chi connectivity index (χ3n) is 3.87. The number of methoxy groups -OCH3 is 1. The first-order valence-corrected chi connectivity index (χ1v) is 6.65. The van der Waals surface area contributed by atoms with Gasteiger partial charge in [0.25, 0.3) is 0 Å². The fraction of sp³-hybridized carbons (Fsp3) is 0.571. The van der Waals surface area contributed by atoms with Crippen LogP contribution in [0.2, 0.25) is 0 Å². The second-order valence-electron chi connectivity index (χ2n) is 4.98. The number of hydrogen-bond donors (Lipinski definition) is 0. The summed E-state index contributed by atoms with van der Waals surface area (Å²) in [5, 5.41) is -0.603. The lowest BCUT2D eigenvalue weighted by Crippen LogP contribution is -2.14. The summed E-state index contributed by atoms with van der Waals surface area (Å²) in [6.07, 6.45) is 3.09. The molecule has 0 amide bonds. The minimum Gasteiger partial charge on any atom is -0.497 e. The smallest absolute Gasteiger partial charge is 0.134 e. The quantitative estimate of drug-likeness (QED) is 0.727. The van der Waals surface area contributed by atoms with Crippen molar-refractivity contribution < 1.29 is 13.5 Å². The van der Waals surface area contributed by atoms with E-state index in [2.05, 4.69) is 6.92 Å². The van der Waals surface area contributed by atoms with Crippen molar-refractivity contribution in [2.75, 3.05) is 7.11 Å². The van der Waals surface area contributed by atoms with Gasteiger partial charge in [-0.15, -0.1) is 11.6 Å². The van der Waals surface area contributed by atoms with E-state index in [4.69, 9.17) is 16.3 Å². The summed E-state index contributed by atoms with van der Waals surface area (Å²) >= 11 is 6.29. The third kappa shape index (κ3) is 2.46. The van der Waals surface area contributed by atoms with Crippen molar-refractivity contribution in [2.45, 2.75) is 31.6 Å². The number of benzene rings is 1. The molecule has 0 bridgehead atoms. The van der Waals surface area contributed by atoms with Crippen LogP contribution in [-0.4, -0.2) is 7.11 Å². The highest BCUT2D eigenvalue weighted by atomic mass is 35.5. The van der Waals surface area contributed by atoms with E-state index in [-0.39, 0.29) is 17.2 Å². The van der Waals surface area contributed by atoms with Gasteiger partial charge in [-0.05, 0) is 18.3 Å². The fourth-order valence-electron chi connectivity index (χ4n) is 2.77. The zero-order valence-corrected chi connectivity index (χ0v) is 11.3. The highest BCUT2D eigenvalue weighted by Gasteiger charge is 2.33. The van der Waals surface area contributed by atoms with Crippen LogP contribution < -0.4 is 4.74 Å². The van der Waals surface area contributed by atoms with Crippen LogP contribution in [0.25, 0.3) is 0 Å². The predicted molar refractivity (Wildman–Crippen MR) is 68.0 cm³/mol. The topological polar surface area (TPSA) is 9.23 Å². The van der Waals surface area contributed by atoms with Gasteiger partial charge < -0.3 is 4.74 Å². The summed E-state index contributed by atoms with van der Waals surface area (Å²) in [4.78, 5) is 0. The van der Waals surface area contributed by atoms with E-state index in [1.807, 2.05) is 0 Å². The second-order valence-corrected chi connectivity index (χ2v) is 5.45. The van der Waals surface area contributed by atoms with Crippen molar-refractivity contribution in [3.63, 3.8) is 0 Å². The lowest BCUT2D eigenvalue weighted by Gasteiger charge is -2.22. The maximum atomic E-state index is 13.9. The van der Waals surface area contributed by atoms with Crippen molar-refractivity contribution in [1.82, 2.24) is 0 Å². The van der Waals surface area contributed by atoms with Crippen molar-refractivity contribution in [1.29, 1.82) is 0 Å². The monoisotopic (exact) mass is 274 g/mol. The van der Waals surface area contributed by atoms with Gasteiger partial charge in [0.05, 0.1) is 12.5 Å². The Morgan fingerprint density at radius 3 is 2.33 bits per heavy atom. The minimum absolute atomic E-state index is 0.0174. The standard InChI is InChI=1S/C14H17ClF2O/c1-8-4-3-5-10(8)14(15)13-11(16)6-9(18-2)7-12(13)17/h6-8,10,14H,3-5H2,1-2H3. The average molecular weight is 275 g/mol.